The van der Waals surface area contributed by atoms with Gasteiger partial charge < -0.3 is 15.1 Å². The zero-order valence-electron chi connectivity index (χ0n) is 15.4. The number of rotatable bonds is 6. The van der Waals surface area contributed by atoms with Gasteiger partial charge in [-0.3, -0.25) is 9.59 Å². The second kappa shape index (κ2) is 8.15. The van der Waals surface area contributed by atoms with Crippen LogP contribution in [0.15, 0.2) is 48.5 Å². The van der Waals surface area contributed by atoms with E-state index in [1.54, 1.807) is 11.0 Å². The summed E-state index contributed by atoms with van der Waals surface area (Å²) in [5, 5.41) is 2.97. The van der Waals surface area contributed by atoms with E-state index in [1.807, 2.05) is 44.4 Å². The highest BCUT2D eigenvalue weighted by Crippen LogP contribution is 2.25. The van der Waals surface area contributed by atoms with Crippen molar-refractivity contribution in [2.45, 2.75) is 25.9 Å². The summed E-state index contributed by atoms with van der Waals surface area (Å²) in [4.78, 5) is 28.5. The van der Waals surface area contributed by atoms with Gasteiger partial charge in [0, 0.05) is 26.1 Å². The largest absolute Gasteiger partial charge is 0.348 e. The van der Waals surface area contributed by atoms with Gasteiger partial charge in [-0.25, -0.2) is 0 Å². The maximum atomic E-state index is 12.7. The third-order valence-electron chi connectivity index (χ3n) is 4.49. The maximum absolute atomic E-state index is 12.7. The molecule has 2 amide bonds. The Morgan fingerprint density at radius 1 is 1.08 bits per heavy atom. The van der Waals surface area contributed by atoms with Crippen molar-refractivity contribution >= 4 is 17.5 Å². The molecule has 0 unspecified atom stereocenters. The van der Waals surface area contributed by atoms with Crippen LogP contribution < -0.4 is 10.2 Å². The Balaban J connectivity index is 1.66. The number of benzene rings is 2. The standard InChI is InChI=1S/C21H25N3O2/c1-23(2)15-17-11-9-16(10-12-17)14-22-21(26)18-6-3-4-7-19(18)24-13-5-8-20(24)25/h3-4,6-7,9-12H,5,8,13-15H2,1-2H3,(H,22,26). The van der Waals surface area contributed by atoms with Crippen molar-refractivity contribution in [2.24, 2.45) is 0 Å². The van der Waals surface area contributed by atoms with Gasteiger partial charge in [0.1, 0.15) is 0 Å². The first kappa shape index (κ1) is 18.1. The van der Waals surface area contributed by atoms with E-state index in [0.29, 0.717) is 30.8 Å². The van der Waals surface area contributed by atoms with Crippen LogP contribution in [0.5, 0.6) is 0 Å². The van der Waals surface area contributed by atoms with Gasteiger partial charge in [-0.1, -0.05) is 36.4 Å². The number of amides is 2. The summed E-state index contributed by atoms with van der Waals surface area (Å²) in [6.45, 7) is 2.03. The molecule has 3 rings (SSSR count). The minimum atomic E-state index is -0.155. The highest BCUT2D eigenvalue weighted by molar-refractivity contribution is 6.05. The number of anilines is 1. The molecule has 1 aliphatic heterocycles. The van der Waals surface area contributed by atoms with E-state index in [4.69, 9.17) is 0 Å². The maximum Gasteiger partial charge on any atom is 0.253 e. The fraction of sp³-hybridized carbons (Fsp3) is 0.333. The average Bonchev–Trinajstić information content (AvgIpc) is 3.06. The zero-order valence-corrected chi connectivity index (χ0v) is 15.4. The van der Waals surface area contributed by atoms with E-state index in [1.165, 1.54) is 5.56 Å². The molecule has 1 N–H and O–H groups in total. The van der Waals surface area contributed by atoms with Crippen molar-refractivity contribution in [3.8, 4) is 0 Å². The lowest BCUT2D eigenvalue weighted by Gasteiger charge is -2.19. The molecule has 0 bridgehead atoms. The van der Waals surface area contributed by atoms with Crippen molar-refractivity contribution in [3.05, 3.63) is 65.2 Å². The number of nitrogens with one attached hydrogen (secondary N) is 1. The van der Waals surface area contributed by atoms with Crippen molar-refractivity contribution < 1.29 is 9.59 Å². The molecule has 0 atom stereocenters. The van der Waals surface area contributed by atoms with E-state index in [0.717, 1.165) is 18.5 Å². The molecule has 0 radical (unpaired) electrons. The Bertz CT molecular complexity index is 784. The van der Waals surface area contributed by atoms with E-state index in [9.17, 15) is 9.59 Å². The van der Waals surface area contributed by atoms with Crippen molar-refractivity contribution in [2.75, 3.05) is 25.5 Å². The van der Waals surface area contributed by atoms with Gasteiger partial charge >= 0.3 is 0 Å². The minimum Gasteiger partial charge on any atom is -0.348 e. The van der Waals surface area contributed by atoms with Crippen molar-refractivity contribution in [1.29, 1.82) is 0 Å². The first-order valence-corrected chi connectivity index (χ1v) is 8.95. The quantitative estimate of drug-likeness (QED) is 0.871. The number of nitrogens with zero attached hydrogens (tertiary/aromatic N) is 2. The van der Waals surface area contributed by atoms with E-state index < -0.39 is 0 Å². The SMILES string of the molecule is CN(C)Cc1ccc(CNC(=O)c2ccccc2N2CCCC2=O)cc1. The molecule has 0 spiro atoms. The van der Waals surface area contributed by atoms with Gasteiger partial charge in [0.15, 0.2) is 0 Å². The molecule has 1 heterocycles. The predicted molar refractivity (Wildman–Crippen MR) is 103 cm³/mol. The third kappa shape index (κ3) is 4.29. The number of para-hydroxylation sites is 1. The lowest BCUT2D eigenvalue weighted by Crippen LogP contribution is -2.29. The topological polar surface area (TPSA) is 52.7 Å². The molecule has 1 saturated heterocycles. The van der Waals surface area contributed by atoms with Crippen LogP contribution in [0, 0.1) is 0 Å². The fourth-order valence-electron chi connectivity index (χ4n) is 3.21. The molecule has 1 aliphatic rings. The molecular formula is C21H25N3O2. The van der Waals surface area contributed by atoms with Gasteiger partial charge in [-0.15, -0.1) is 0 Å². The molecule has 0 saturated carbocycles. The van der Waals surface area contributed by atoms with E-state index >= 15 is 0 Å². The van der Waals surface area contributed by atoms with Crippen LogP contribution in [0.3, 0.4) is 0 Å². The Kier molecular flexibility index (Phi) is 5.68. The molecule has 0 aliphatic carbocycles. The lowest BCUT2D eigenvalue weighted by molar-refractivity contribution is -0.117. The molecule has 5 nitrogen and oxygen atoms in total. The van der Waals surface area contributed by atoms with Crippen molar-refractivity contribution in [1.82, 2.24) is 10.2 Å². The van der Waals surface area contributed by atoms with Gasteiger partial charge in [0.05, 0.1) is 11.3 Å². The molecule has 0 aromatic heterocycles. The van der Waals surface area contributed by atoms with E-state index in [2.05, 4.69) is 22.3 Å². The number of carbonyl (C=O) groups is 2. The summed E-state index contributed by atoms with van der Waals surface area (Å²) in [5.41, 5.74) is 3.54. The molecular weight excluding hydrogens is 326 g/mol. The number of carbonyl (C=O) groups excluding carboxylic acids is 2. The summed E-state index contributed by atoms with van der Waals surface area (Å²) >= 11 is 0. The van der Waals surface area contributed by atoms with Crippen LogP contribution in [-0.2, 0) is 17.9 Å². The van der Waals surface area contributed by atoms with Crippen molar-refractivity contribution in [3.63, 3.8) is 0 Å². The monoisotopic (exact) mass is 351 g/mol. The first-order valence-electron chi connectivity index (χ1n) is 8.95. The normalized spacial score (nSPS) is 14.1. The molecule has 136 valence electrons. The van der Waals surface area contributed by atoms with Crippen LogP contribution in [-0.4, -0.2) is 37.4 Å². The molecule has 5 heteroatoms. The van der Waals surface area contributed by atoms with Gasteiger partial charge in [0.25, 0.3) is 5.91 Å². The zero-order chi connectivity index (χ0) is 18.5. The Labute approximate surface area is 154 Å². The molecule has 2 aromatic carbocycles. The fourth-order valence-corrected chi connectivity index (χ4v) is 3.21. The van der Waals surface area contributed by atoms with Crippen LogP contribution in [0.25, 0.3) is 0 Å². The number of hydrogen-bond donors (Lipinski definition) is 1. The Morgan fingerprint density at radius 3 is 2.42 bits per heavy atom. The van der Waals surface area contributed by atoms with E-state index in [-0.39, 0.29) is 11.8 Å². The molecule has 1 fully saturated rings. The molecule has 2 aromatic rings. The summed E-state index contributed by atoms with van der Waals surface area (Å²) < 4.78 is 0. The summed E-state index contributed by atoms with van der Waals surface area (Å²) in [7, 11) is 4.08. The van der Waals surface area contributed by atoms with Gasteiger partial charge in [0.2, 0.25) is 5.91 Å². The Morgan fingerprint density at radius 2 is 1.77 bits per heavy atom. The predicted octanol–water partition coefficient (Wildman–Crippen LogP) is 2.81. The lowest BCUT2D eigenvalue weighted by atomic mass is 10.1. The number of hydrogen-bond acceptors (Lipinski definition) is 3. The van der Waals surface area contributed by atoms with Gasteiger partial charge in [-0.2, -0.15) is 0 Å². The first-order chi connectivity index (χ1) is 12.5. The summed E-state index contributed by atoms with van der Waals surface area (Å²) in [6, 6.07) is 15.5. The smallest absolute Gasteiger partial charge is 0.253 e. The Hall–Kier alpha value is -2.66. The average molecular weight is 351 g/mol. The van der Waals surface area contributed by atoms with Crippen LogP contribution in [0.4, 0.5) is 5.69 Å². The molecule has 26 heavy (non-hydrogen) atoms. The van der Waals surface area contributed by atoms with Crippen LogP contribution in [0.1, 0.15) is 34.3 Å². The summed E-state index contributed by atoms with van der Waals surface area (Å²) in [6.07, 6.45) is 1.39. The third-order valence-corrected chi connectivity index (χ3v) is 4.49. The van der Waals surface area contributed by atoms with Crippen LogP contribution >= 0.6 is 0 Å². The summed E-state index contributed by atoms with van der Waals surface area (Å²) in [5.74, 6) is -0.0700. The highest BCUT2D eigenvalue weighted by atomic mass is 16.2. The second-order valence-corrected chi connectivity index (χ2v) is 6.90. The second-order valence-electron chi connectivity index (χ2n) is 6.90. The minimum absolute atomic E-state index is 0.0849. The van der Waals surface area contributed by atoms with Gasteiger partial charge in [-0.05, 0) is 43.8 Å². The highest BCUT2D eigenvalue weighted by Gasteiger charge is 2.25. The van der Waals surface area contributed by atoms with Crippen LogP contribution in [0.2, 0.25) is 0 Å².